The maximum absolute atomic E-state index is 3.51. The van der Waals surface area contributed by atoms with E-state index in [1.54, 1.807) is 5.56 Å². The topological polar surface area (TPSA) is 15.3 Å². The van der Waals surface area contributed by atoms with Gasteiger partial charge in [-0.25, -0.2) is 0 Å². The van der Waals surface area contributed by atoms with E-state index in [9.17, 15) is 0 Å². The van der Waals surface area contributed by atoms with E-state index >= 15 is 0 Å². The summed E-state index contributed by atoms with van der Waals surface area (Å²) in [6.45, 7) is 18.5. The van der Waals surface area contributed by atoms with E-state index in [2.05, 4.69) is 51.8 Å². The first kappa shape index (κ1) is 18.5. The maximum Gasteiger partial charge on any atom is 0.0354 e. The van der Waals surface area contributed by atoms with Crippen LogP contribution in [0.2, 0.25) is 0 Å². The highest BCUT2D eigenvalue weighted by molar-refractivity contribution is 5.50. The molecule has 0 radical (unpaired) electrons. The highest BCUT2D eigenvalue weighted by atomic mass is 15.2. The standard InChI is InChI=1S/C21H36N2/c1-7-8-9-10-20(23-13-11-22-12-14-23)21-18(5)16(3)15(2)17(4)19(21)6/h20,22H,7-14H2,1-6H3/t20-/m0/s1. The van der Waals surface area contributed by atoms with Crippen molar-refractivity contribution in [3.05, 3.63) is 33.4 Å². The van der Waals surface area contributed by atoms with Crippen LogP contribution in [-0.2, 0) is 0 Å². The second kappa shape index (κ2) is 8.30. The minimum absolute atomic E-state index is 0.599. The molecule has 0 bridgehead atoms. The molecule has 1 N–H and O–H groups in total. The minimum atomic E-state index is 0.599. The van der Waals surface area contributed by atoms with Crippen molar-refractivity contribution in [1.29, 1.82) is 0 Å². The minimum Gasteiger partial charge on any atom is -0.314 e. The van der Waals surface area contributed by atoms with Crippen molar-refractivity contribution in [1.82, 2.24) is 10.2 Å². The Kier molecular flexibility index (Phi) is 6.67. The highest BCUT2D eigenvalue weighted by Gasteiger charge is 2.26. The Labute approximate surface area is 143 Å². The molecule has 2 heteroatoms. The van der Waals surface area contributed by atoms with Gasteiger partial charge in [0.05, 0.1) is 0 Å². The largest absolute Gasteiger partial charge is 0.314 e. The monoisotopic (exact) mass is 316 g/mol. The summed E-state index contributed by atoms with van der Waals surface area (Å²) in [4.78, 5) is 2.73. The molecule has 0 saturated carbocycles. The molecule has 1 saturated heterocycles. The van der Waals surface area contributed by atoms with Crippen molar-refractivity contribution in [3.8, 4) is 0 Å². The molecule has 1 aromatic carbocycles. The van der Waals surface area contributed by atoms with Crippen molar-refractivity contribution in [2.75, 3.05) is 26.2 Å². The molecule has 1 aliphatic rings. The zero-order valence-electron chi connectivity index (χ0n) is 16.2. The average molecular weight is 317 g/mol. The molecule has 1 aromatic rings. The Morgan fingerprint density at radius 3 is 1.87 bits per heavy atom. The number of nitrogens with zero attached hydrogens (tertiary/aromatic N) is 1. The molecule has 23 heavy (non-hydrogen) atoms. The quantitative estimate of drug-likeness (QED) is 0.762. The van der Waals surface area contributed by atoms with E-state index in [0.717, 1.165) is 13.1 Å². The SMILES string of the molecule is CCCCC[C@@H](c1c(C)c(C)c(C)c(C)c1C)N1CCNCC1. The van der Waals surface area contributed by atoms with Gasteiger partial charge in [-0.15, -0.1) is 0 Å². The molecule has 2 nitrogen and oxygen atoms in total. The fraction of sp³-hybridized carbons (Fsp3) is 0.714. The molecule has 2 rings (SSSR count). The number of unbranched alkanes of at least 4 members (excludes halogenated alkanes) is 2. The number of hydrogen-bond acceptors (Lipinski definition) is 2. The zero-order valence-corrected chi connectivity index (χ0v) is 16.2. The van der Waals surface area contributed by atoms with Crippen LogP contribution in [0.15, 0.2) is 0 Å². The van der Waals surface area contributed by atoms with Crippen LogP contribution in [-0.4, -0.2) is 31.1 Å². The number of nitrogens with one attached hydrogen (secondary N) is 1. The van der Waals surface area contributed by atoms with E-state index in [0.29, 0.717) is 6.04 Å². The Morgan fingerprint density at radius 1 is 0.826 bits per heavy atom. The zero-order chi connectivity index (χ0) is 17.0. The summed E-state index contributed by atoms with van der Waals surface area (Å²) < 4.78 is 0. The Morgan fingerprint density at radius 2 is 1.35 bits per heavy atom. The number of benzene rings is 1. The van der Waals surface area contributed by atoms with Gasteiger partial charge in [0, 0.05) is 32.2 Å². The van der Waals surface area contributed by atoms with Crippen molar-refractivity contribution >= 4 is 0 Å². The summed E-state index contributed by atoms with van der Waals surface area (Å²) in [6, 6.07) is 0.599. The first-order valence-electron chi connectivity index (χ1n) is 9.50. The van der Waals surface area contributed by atoms with Gasteiger partial charge < -0.3 is 5.32 Å². The van der Waals surface area contributed by atoms with Gasteiger partial charge in [-0.05, 0) is 74.4 Å². The van der Waals surface area contributed by atoms with Crippen molar-refractivity contribution in [2.24, 2.45) is 0 Å². The number of piperazine rings is 1. The molecule has 1 aliphatic heterocycles. The van der Waals surface area contributed by atoms with Gasteiger partial charge in [0.15, 0.2) is 0 Å². The lowest BCUT2D eigenvalue weighted by Crippen LogP contribution is -2.45. The summed E-state index contributed by atoms with van der Waals surface area (Å²) in [6.07, 6.45) is 5.30. The Balaban J connectivity index is 2.41. The Hall–Kier alpha value is -0.860. The summed E-state index contributed by atoms with van der Waals surface area (Å²) in [5.41, 5.74) is 9.17. The molecule has 0 amide bonds. The fourth-order valence-electron chi connectivity index (χ4n) is 4.12. The van der Waals surface area contributed by atoms with Crippen LogP contribution in [0.4, 0.5) is 0 Å². The van der Waals surface area contributed by atoms with Gasteiger partial charge >= 0.3 is 0 Å². The highest BCUT2D eigenvalue weighted by Crippen LogP contribution is 2.36. The average Bonchev–Trinajstić information content (AvgIpc) is 2.58. The van der Waals surface area contributed by atoms with Crippen LogP contribution in [0, 0.1) is 34.6 Å². The summed E-state index contributed by atoms with van der Waals surface area (Å²) in [7, 11) is 0. The summed E-state index contributed by atoms with van der Waals surface area (Å²) in [5, 5.41) is 3.51. The third kappa shape index (κ3) is 3.97. The van der Waals surface area contributed by atoms with Gasteiger partial charge in [-0.1, -0.05) is 26.2 Å². The van der Waals surface area contributed by atoms with Crippen molar-refractivity contribution in [3.63, 3.8) is 0 Å². The lowest BCUT2D eigenvalue weighted by Gasteiger charge is -2.38. The summed E-state index contributed by atoms with van der Waals surface area (Å²) in [5.74, 6) is 0. The molecule has 1 fully saturated rings. The second-order valence-corrected chi connectivity index (χ2v) is 7.34. The third-order valence-electron chi connectivity index (χ3n) is 6.06. The van der Waals surface area contributed by atoms with E-state index in [-0.39, 0.29) is 0 Å². The van der Waals surface area contributed by atoms with Crippen LogP contribution in [0.1, 0.15) is 72.0 Å². The van der Waals surface area contributed by atoms with E-state index < -0.39 is 0 Å². The molecule has 1 atom stereocenters. The second-order valence-electron chi connectivity index (χ2n) is 7.34. The molecule has 130 valence electrons. The van der Waals surface area contributed by atoms with Crippen molar-refractivity contribution in [2.45, 2.75) is 73.3 Å². The molecule has 1 heterocycles. The maximum atomic E-state index is 3.51. The Bertz CT molecular complexity index is 498. The molecule has 0 aliphatic carbocycles. The predicted octanol–water partition coefficient (Wildman–Crippen LogP) is 4.76. The molecule has 0 aromatic heterocycles. The van der Waals surface area contributed by atoms with Gasteiger partial charge in [0.2, 0.25) is 0 Å². The number of hydrogen-bond donors (Lipinski definition) is 1. The van der Waals surface area contributed by atoms with Gasteiger partial charge in [-0.3, -0.25) is 4.90 Å². The summed E-state index contributed by atoms with van der Waals surface area (Å²) >= 11 is 0. The first-order valence-corrected chi connectivity index (χ1v) is 9.50. The van der Waals surface area contributed by atoms with Crippen LogP contribution >= 0.6 is 0 Å². The lowest BCUT2D eigenvalue weighted by molar-refractivity contribution is 0.161. The fourth-order valence-corrected chi connectivity index (χ4v) is 4.12. The molecular weight excluding hydrogens is 280 g/mol. The van der Waals surface area contributed by atoms with Crippen LogP contribution in [0.3, 0.4) is 0 Å². The van der Waals surface area contributed by atoms with Crippen LogP contribution in [0.5, 0.6) is 0 Å². The van der Waals surface area contributed by atoms with E-state index in [1.165, 1.54) is 66.6 Å². The van der Waals surface area contributed by atoms with Gasteiger partial charge in [0.1, 0.15) is 0 Å². The molecule has 0 spiro atoms. The first-order chi connectivity index (χ1) is 11.0. The van der Waals surface area contributed by atoms with E-state index in [4.69, 9.17) is 0 Å². The van der Waals surface area contributed by atoms with Crippen LogP contribution < -0.4 is 5.32 Å². The third-order valence-corrected chi connectivity index (χ3v) is 6.06. The predicted molar refractivity (Wildman–Crippen MR) is 101 cm³/mol. The smallest absolute Gasteiger partial charge is 0.0354 e. The molecular formula is C21H36N2. The molecule has 0 unspecified atom stereocenters. The normalized spacial score (nSPS) is 17.5. The van der Waals surface area contributed by atoms with E-state index in [1.807, 2.05) is 0 Å². The van der Waals surface area contributed by atoms with Gasteiger partial charge in [-0.2, -0.15) is 0 Å². The number of rotatable bonds is 6. The van der Waals surface area contributed by atoms with Crippen molar-refractivity contribution < 1.29 is 0 Å². The lowest BCUT2D eigenvalue weighted by atomic mass is 9.84. The van der Waals surface area contributed by atoms with Crippen LogP contribution in [0.25, 0.3) is 0 Å². The van der Waals surface area contributed by atoms with Gasteiger partial charge in [0.25, 0.3) is 0 Å².